The number of rotatable bonds is 7. The van der Waals surface area contributed by atoms with Gasteiger partial charge in [0.15, 0.2) is 11.4 Å². The second-order valence-corrected chi connectivity index (χ2v) is 6.89. The van der Waals surface area contributed by atoms with E-state index in [1.54, 1.807) is 25.1 Å². The molecule has 1 aromatic heterocycles. The number of hydrogen-bond donors (Lipinski definition) is 3. The molecule has 0 radical (unpaired) electrons. The highest BCUT2D eigenvalue weighted by Crippen LogP contribution is 2.32. The molecule has 3 atom stereocenters. The van der Waals surface area contributed by atoms with Crippen LogP contribution in [0.1, 0.15) is 41.6 Å². The lowest BCUT2D eigenvalue weighted by molar-refractivity contribution is -0.140. The summed E-state index contributed by atoms with van der Waals surface area (Å²) in [5.41, 5.74) is -1.14. The first-order chi connectivity index (χ1) is 12.8. The first kappa shape index (κ1) is 19.3. The molecule has 1 aliphatic rings. The Morgan fingerprint density at radius 1 is 1.33 bits per heavy atom. The van der Waals surface area contributed by atoms with Gasteiger partial charge < -0.3 is 19.9 Å². The van der Waals surface area contributed by atoms with Crippen LogP contribution in [0.15, 0.2) is 40.8 Å². The lowest BCUT2D eigenvalue weighted by Gasteiger charge is -2.27. The Labute approximate surface area is 156 Å². The van der Waals surface area contributed by atoms with Crippen LogP contribution in [0.4, 0.5) is 4.39 Å². The Morgan fingerprint density at radius 2 is 2.04 bits per heavy atom. The molecule has 1 fully saturated rings. The normalized spacial score (nSPS) is 23.3. The maximum atomic E-state index is 13.0. The van der Waals surface area contributed by atoms with Crippen molar-refractivity contribution < 1.29 is 28.6 Å². The second-order valence-electron chi connectivity index (χ2n) is 6.89. The van der Waals surface area contributed by atoms with Crippen molar-refractivity contribution in [2.45, 2.75) is 37.9 Å². The quantitative estimate of drug-likeness (QED) is 0.641. The molecule has 1 aromatic carbocycles. The van der Waals surface area contributed by atoms with Crippen molar-refractivity contribution in [2.24, 2.45) is 5.92 Å². The van der Waals surface area contributed by atoms with Crippen molar-refractivity contribution >= 4 is 11.7 Å². The van der Waals surface area contributed by atoms with E-state index in [1.165, 1.54) is 18.2 Å². The third-order valence-corrected chi connectivity index (χ3v) is 4.97. The first-order valence-electron chi connectivity index (χ1n) is 8.89. The number of Topliss-reactive ketones (excluding diaryl/α,β-unsaturated/α-hetero) is 1. The molecule has 2 heterocycles. The molecule has 144 valence electrons. The zero-order valence-corrected chi connectivity index (χ0v) is 14.9. The van der Waals surface area contributed by atoms with Crippen LogP contribution in [0.25, 0.3) is 0 Å². The number of furan rings is 1. The fraction of sp³-hybridized carbons (Fsp3) is 0.400. The summed E-state index contributed by atoms with van der Waals surface area (Å²) in [5, 5.41) is 23.1. The van der Waals surface area contributed by atoms with Crippen LogP contribution >= 0.6 is 0 Å². The van der Waals surface area contributed by atoms with Crippen LogP contribution in [0.5, 0.6) is 0 Å². The van der Waals surface area contributed by atoms with Gasteiger partial charge in [0.05, 0.1) is 12.0 Å². The summed E-state index contributed by atoms with van der Waals surface area (Å²) in [4.78, 5) is 24.9. The third kappa shape index (κ3) is 3.94. The maximum Gasteiger partial charge on any atom is 0.252 e. The van der Waals surface area contributed by atoms with E-state index in [0.29, 0.717) is 18.6 Å². The summed E-state index contributed by atoms with van der Waals surface area (Å²) >= 11 is 0. The van der Waals surface area contributed by atoms with E-state index in [2.05, 4.69) is 5.32 Å². The highest BCUT2D eigenvalue weighted by molar-refractivity contribution is 6.03. The largest absolute Gasteiger partial charge is 0.458 e. The van der Waals surface area contributed by atoms with Gasteiger partial charge >= 0.3 is 0 Å². The standard InChI is InChI=1S/C20H22FNO5/c1-2-14(23)10-20(26)16(11-22-19(20)25)18(24)17-8-7-15(27-17)9-12-3-5-13(21)6-4-12/h3-8,14,16,23,26H,2,9-11H2,1H3,(H,22,25). The van der Waals surface area contributed by atoms with Crippen LogP contribution in [0.3, 0.4) is 0 Å². The number of ketones is 1. The molecule has 2 aromatic rings. The molecular weight excluding hydrogens is 353 g/mol. The van der Waals surface area contributed by atoms with Crippen LogP contribution in [-0.2, 0) is 11.2 Å². The number of aliphatic hydroxyl groups excluding tert-OH is 1. The molecule has 0 saturated carbocycles. The van der Waals surface area contributed by atoms with E-state index in [-0.39, 0.29) is 24.5 Å². The van der Waals surface area contributed by atoms with Gasteiger partial charge in [0.25, 0.3) is 5.91 Å². The summed E-state index contributed by atoms with van der Waals surface area (Å²) in [6, 6.07) is 9.09. The van der Waals surface area contributed by atoms with Crippen molar-refractivity contribution in [3.63, 3.8) is 0 Å². The minimum Gasteiger partial charge on any atom is -0.458 e. The lowest BCUT2D eigenvalue weighted by atomic mass is 9.81. The fourth-order valence-electron chi connectivity index (χ4n) is 3.30. The van der Waals surface area contributed by atoms with Gasteiger partial charge in [-0.25, -0.2) is 4.39 Å². The highest BCUT2D eigenvalue weighted by Gasteiger charge is 2.53. The van der Waals surface area contributed by atoms with Crippen LogP contribution < -0.4 is 5.32 Å². The number of aliphatic hydroxyl groups is 2. The number of hydrogen-bond acceptors (Lipinski definition) is 5. The van der Waals surface area contributed by atoms with E-state index in [4.69, 9.17) is 4.42 Å². The van der Waals surface area contributed by atoms with Gasteiger partial charge in [-0.15, -0.1) is 0 Å². The van der Waals surface area contributed by atoms with Gasteiger partial charge in [0.2, 0.25) is 5.78 Å². The first-order valence-corrected chi connectivity index (χ1v) is 8.89. The van der Waals surface area contributed by atoms with E-state index >= 15 is 0 Å². The summed E-state index contributed by atoms with van der Waals surface area (Å²) in [6.07, 6.45) is -0.359. The zero-order valence-electron chi connectivity index (χ0n) is 14.9. The van der Waals surface area contributed by atoms with Gasteiger partial charge in [0.1, 0.15) is 11.6 Å². The average Bonchev–Trinajstić information content (AvgIpc) is 3.22. The van der Waals surface area contributed by atoms with Crippen LogP contribution in [0, 0.1) is 11.7 Å². The van der Waals surface area contributed by atoms with Crippen LogP contribution in [0.2, 0.25) is 0 Å². The van der Waals surface area contributed by atoms with E-state index in [1.807, 2.05) is 0 Å². The van der Waals surface area contributed by atoms with E-state index in [9.17, 15) is 24.2 Å². The maximum absolute atomic E-state index is 13.0. The van der Waals surface area contributed by atoms with Gasteiger partial charge in [-0.05, 0) is 36.2 Å². The number of benzene rings is 1. The number of carbonyl (C=O) groups is 2. The van der Waals surface area contributed by atoms with E-state index in [0.717, 1.165) is 5.56 Å². The topological polar surface area (TPSA) is 99.8 Å². The Balaban J connectivity index is 1.76. The molecular formula is C20H22FNO5. The smallest absolute Gasteiger partial charge is 0.252 e. The van der Waals surface area contributed by atoms with Crippen LogP contribution in [-0.4, -0.2) is 40.2 Å². The Morgan fingerprint density at radius 3 is 2.70 bits per heavy atom. The Kier molecular flexibility index (Phi) is 5.43. The van der Waals surface area contributed by atoms with Gasteiger partial charge in [0, 0.05) is 19.4 Å². The number of nitrogens with one attached hydrogen (secondary N) is 1. The lowest BCUT2D eigenvalue weighted by Crippen LogP contribution is -2.47. The van der Waals surface area contributed by atoms with Gasteiger partial charge in [-0.2, -0.15) is 0 Å². The SMILES string of the molecule is CCC(O)CC1(O)C(=O)NCC1C(=O)c1ccc(Cc2ccc(F)cc2)o1. The molecule has 0 bridgehead atoms. The third-order valence-electron chi connectivity index (χ3n) is 4.97. The predicted molar refractivity (Wildman–Crippen MR) is 94.6 cm³/mol. The van der Waals surface area contributed by atoms with Crippen molar-refractivity contribution in [1.82, 2.24) is 5.32 Å². The molecule has 6 nitrogen and oxygen atoms in total. The molecule has 3 rings (SSSR count). The molecule has 1 saturated heterocycles. The molecule has 3 N–H and O–H groups in total. The molecule has 7 heteroatoms. The van der Waals surface area contributed by atoms with Gasteiger partial charge in [-0.1, -0.05) is 19.1 Å². The van der Waals surface area contributed by atoms with Crippen molar-refractivity contribution in [1.29, 1.82) is 0 Å². The van der Waals surface area contributed by atoms with Crippen molar-refractivity contribution in [2.75, 3.05) is 6.54 Å². The summed E-state index contributed by atoms with van der Waals surface area (Å²) < 4.78 is 18.6. The molecule has 0 aliphatic carbocycles. The second kappa shape index (κ2) is 7.62. The molecule has 3 unspecified atom stereocenters. The number of carbonyl (C=O) groups excluding carboxylic acids is 2. The van der Waals surface area contributed by atoms with E-state index < -0.39 is 29.3 Å². The predicted octanol–water partition coefficient (Wildman–Crippen LogP) is 1.83. The molecule has 1 aliphatic heterocycles. The molecule has 1 amide bonds. The minimum atomic E-state index is -1.96. The fourth-order valence-corrected chi connectivity index (χ4v) is 3.30. The Bertz CT molecular complexity index is 831. The number of amides is 1. The summed E-state index contributed by atoms with van der Waals surface area (Å²) in [7, 11) is 0. The van der Waals surface area contributed by atoms with Crippen molar-refractivity contribution in [3.05, 3.63) is 59.3 Å². The average molecular weight is 375 g/mol. The highest BCUT2D eigenvalue weighted by atomic mass is 19.1. The molecule has 27 heavy (non-hydrogen) atoms. The zero-order chi connectivity index (χ0) is 19.6. The number of halogens is 1. The summed E-state index contributed by atoms with van der Waals surface area (Å²) in [6.45, 7) is 1.71. The Hall–Kier alpha value is -2.51. The molecule has 0 spiro atoms. The minimum absolute atomic E-state index is 0.0153. The van der Waals surface area contributed by atoms with Crippen molar-refractivity contribution in [3.8, 4) is 0 Å². The summed E-state index contributed by atoms with van der Waals surface area (Å²) in [5.74, 6) is -1.97. The van der Waals surface area contributed by atoms with Gasteiger partial charge in [-0.3, -0.25) is 9.59 Å². The monoisotopic (exact) mass is 375 g/mol.